The quantitative estimate of drug-likeness (QED) is 0.774. The third kappa shape index (κ3) is 2.68. The Bertz CT molecular complexity index is 439. The molecule has 0 aliphatic carbocycles. The molecule has 0 spiro atoms. The van der Waals surface area contributed by atoms with Crippen molar-refractivity contribution in [3.05, 3.63) is 22.8 Å². The fourth-order valence-electron chi connectivity index (χ4n) is 1.86. The third-order valence-corrected chi connectivity index (χ3v) is 2.94. The molecule has 0 saturated carbocycles. The van der Waals surface area contributed by atoms with Crippen LogP contribution in [-0.4, -0.2) is 47.1 Å². The molecular formula is C11H14ClN3O2. The molecule has 2 rings (SSSR count). The van der Waals surface area contributed by atoms with Gasteiger partial charge in [0.2, 0.25) is 0 Å². The smallest absolute Gasteiger partial charge is 0.254 e. The van der Waals surface area contributed by atoms with Crippen LogP contribution in [0.2, 0.25) is 5.15 Å². The standard InChI is InChI=1S/C11H14ClN3O2/c1-13-10-5-7(4-9(12)14-10)11(17)15-3-2-8(16)6-15/h4-5,8,16H,2-3,6H2,1H3,(H,13,14)/t8-/m1/s1. The Morgan fingerprint density at radius 1 is 1.65 bits per heavy atom. The van der Waals surface area contributed by atoms with Gasteiger partial charge in [0.1, 0.15) is 11.0 Å². The van der Waals surface area contributed by atoms with E-state index in [2.05, 4.69) is 10.3 Å². The molecule has 1 amide bonds. The van der Waals surface area contributed by atoms with Gasteiger partial charge >= 0.3 is 0 Å². The lowest BCUT2D eigenvalue weighted by molar-refractivity contribution is 0.0765. The number of carbonyl (C=O) groups is 1. The van der Waals surface area contributed by atoms with Crippen molar-refractivity contribution in [3.8, 4) is 0 Å². The average Bonchev–Trinajstić information content (AvgIpc) is 2.74. The van der Waals surface area contributed by atoms with E-state index < -0.39 is 6.10 Å². The molecule has 2 heterocycles. The van der Waals surface area contributed by atoms with E-state index in [-0.39, 0.29) is 11.1 Å². The first kappa shape index (κ1) is 12.1. The van der Waals surface area contributed by atoms with E-state index in [4.69, 9.17) is 11.6 Å². The maximum Gasteiger partial charge on any atom is 0.254 e. The summed E-state index contributed by atoms with van der Waals surface area (Å²) in [5.74, 6) is 0.433. The largest absolute Gasteiger partial charge is 0.391 e. The van der Waals surface area contributed by atoms with E-state index in [1.807, 2.05) is 0 Å². The van der Waals surface area contributed by atoms with Gasteiger partial charge in [0, 0.05) is 25.7 Å². The predicted molar refractivity (Wildman–Crippen MR) is 65.3 cm³/mol. The molecule has 1 atom stereocenters. The number of hydrogen-bond donors (Lipinski definition) is 2. The number of rotatable bonds is 2. The zero-order valence-electron chi connectivity index (χ0n) is 9.48. The predicted octanol–water partition coefficient (Wildman–Crippen LogP) is 0.983. The highest BCUT2D eigenvalue weighted by Gasteiger charge is 2.25. The van der Waals surface area contributed by atoms with Crippen molar-refractivity contribution < 1.29 is 9.90 Å². The Labute approximate surface area is 104 Å². The van der Waals surface area contributed by atoms with Crippen LogP contribution < -0.4 is 5.32 Å². The van der Waals surface area contributed by atoms with E-state index in [0.717, 1.165) is 0 Å². The number of nitrogens with zero attached hydrogens (tertiary/aromatic N) is 2. The maximum atomic E-state index is 12.1. The van der Waals surface area contributed by atoms with Gasteiger partial charge in [-0.1, -0.05) is 11.6 Å². The summed E-state index contributed by atoms with van der Waals surface area (Å²) in [4.78, 5) is 17.7. The third-order valence-electron chi connectivity index (χ3n) is 2.75. The van der Waals surface area contributed by atoms with Crippen molar-refractivity contribution in [2.45, 2.75) is 12.5 Å². The molecule has 6 heteroatoms. The average molecular weight is 256 g/mol. The molecule has 0 aromatic carbocycles. The second-order valence-electron chi connectivity index (χ2n) is 4.01. The fourth-order valence-corrected chi connectivity index (χ4v) is 2.07. The molecule has 1 saturated heterocycles. The van der Waals surface area contributed by atoms with Gasteiger partial charge in [0.25, 0.3) is 5.91 Å². The number of aliphatic hydroxyl groups is 1. The summed E-state index contributed by atoms with van der Waals surface area (Å²) in [5.41, 5.74) is 0.489. The number of pyridine rings is 1. The molecular weight excluding hydrogens is 242 g/mol. The van der Waals surface area contributed by atoms with Crippen molar-refractivity contribution >= 4 is 23.3 Å². The second kappa shape index (κ2) is 4.89. The Balaban J connectivity index is 2.21. The van der Waals surface area contributed by atoms with Crippen LogP contribution in [0, 0.1) is 0 Å². The monoisotopic (exact) mass is 255 g/mol. The van der Waals surface area contributed by atoms with Crippen molar-refractivity contribution in [1.29, 1.82) is 0 Å². The summed E-state index contributed by atoms with van der Waals surface area (Å²) in [6.45, 7) is 0.961. The van der Waals surface area contributed by atoms with Crippen LogP contribution in [0.1, 0.15) is 16.8 Å². The van der Waals surface area contributed by atoms with Gasteiger partial charge in [-0.15, -0.1) is 0 Å². The van der Waals surface area contributed by atoms with Gasteiger partial charge in [0.15, 0.2) is 0 Å². The molecule has 1 aliphatic heterocycles. The number of β-amino-alcohol motifs (C(OH)–C–C–N with tert-alkyl or cyclic N) is 1. The number of anilines is 1. The van der Waals surface area contributed by atoms with Crippen LogP contribution in [0.5, 0.6) is 0 Å². The maximum absolute atomic E-state index is 12.1. The number of halogens is 1. The molecule has 0 bridgehead atoms. The van der Waals surface area contributed by atoms with Crippen molar-refractivity contribution in [2.24, 2.45) is 0 Å². The molecule has 1 aromatic rings. The topological polar surface area (TPSA) is 65.5 Å². The Morgan fingerprint density at radius 3 is 3.00 bits per heavy atom. The molecule has 17 heavy (non-hydrogen) atoms. The molecule has 92 valence electrons. The number of hydrogen-bond acceptors (Lipinski definition) is 4. The normalized spacial score (nSPS) is 19.5. The summed E-state index contributed by atoms with van der Waals surface area (Å²) < 4.78 is 0. The van der Waals surface area contributed by atoms with Crippen LogP contribution in [0.4, 0.5) is 5.82 Å². The molecule has 5 nitrogen and oxygen atoms in total. The molecule has 1 aliphatic rings. The second-order valence-corrected chi connectivity index (χ2v) is 4.39. The lowest BCUT2D eigenvalue weighted by Crippen LogP contribution is -2.29. The van der Waals surface area contributed by atoms with E-state index in [9.17, 15) is 9.90 Å². The zero-order chi connectivity index (χ0) is 12.4. The minimum absolute atomic E-state index is 0.123. The highest BCUT2D eigenvalue weighted by molar-refractivity contribution is 6.29. The first-order valence-corrected chi connectivity index (χ1v) is 5.80. The summed E-state index contributed by atoms with van der Waals surface area (Å²) in [7, 11) is 1.71. The number of aliphatic hydroxyl groups excluding tert-OH is 1. The number of aromatic nitrogens is 1. The number of carbonyl (C=O) groups excluding carboxylic acids is 1. The number of nitrogens with one attached hydrogen (secondary N) is 1. The van der Waals surface area contributed by atoms with Gasteiger partial charge < -0.3 is 15.3 Å². The summed E-state index contributed by atoms with van der Waals surface area (Å²) in [6, 6.07) is 3.19. The van der Waals surface area contributed by atoms with Crippen molar-refractivity contribution in [2.75, 3.05) is 25.5 Å². The van der Waals surface area contributed by atoms with Crippen LogP contribution in [0.3, 0.4) is 0 Å². The van der Waals surface area contributed by atoms with Gasteiger partial charge in [-0.3, -0.25) is 4.79 Å². The summed E-state index contributed by atoms with van der Waals surface area (Å²) in [5, 5.41) is 12.5. The van der Waals surface area contributed by atoms with Gasteiger partial charge in [-0.2, -0.15) is 0 Å². The molecule has 0 unspecified atom stereocenters. The van der Waals surface area contributed by atoms with E-state index in [0.29, 0.717) is 30.9 Å². The Morgan fingerprint density at radius 2 is 2.41 bits per heavy atom. The van der Waals surface area contributed by atoms with Crippen LogP contribution in [-0.2, 0) is 0 Å². The SMILES string of the molecule is CNc1cc(C(=O)N2CC[C@@H](O)C2)cc(Cl)n1. The van der Waals surface area contributed by atoms with E-state index >= 15 is 0 Å². The van der Waals surface area contributed by atoms with Crippen LogP contribution >= 0.6 is 11.6 Å². The van der Waals surface area contributed by atoms with Gasteiger partial charge in [-0.25, -0.2) is 4.98 Å². The van der Waals surface area contributed by atoms with Gasteiger partial charge in [-0.05, 0) is 18.6 Å². The number of likely N-dealkylation sites (tertiary alicyclic amines) is 1. The lowest BCUT2D eigenvalue weighted by atomic mass is 10.2. The highest BCUT2D eigenvalue weighted by atomic mass is 35.5. The minimum Gasteiger partial charge on any atom is -0.391 e. The molecule has 1 aromatic heterocycles. The summed E-state index contributed by atoms with van der Waals surface area (Å²) >= 11 is 5.84. The highest BCUT2D eigenvalue weighted by Crippen LogP contribution is 2.18. The van der Waals surface area contributed by atoms with Gasteiger partial charge in [0.05, 0.1) is 6.10 Å². The molecule has 2 N–H and O–H groups in total. The summed E-state index contributed by atoms with van der Waals surface area (Å²) in [6.07, 6.45) is 0.212. The first-order chi connectivity index (χ1) is 8.10. The Hall–Kier alpha value is -1.33. The Kier molecular flexibility index (Phi) is 3.49. The number of amides is 1. The first-order valence-electron chi connectivity index (χ1n) is 5.43. The molecule has 0 radical (unpaired) electrons. The van der Waals surface area contributed by atoms with E-state index in [1.165, 1.54) is 6.07 Å². The fraction of sp³-hybridized carbons (Fsp3) is 0.455. The molecule has 1 fully saturated rings. The minimum atomic E-state index is -0.417. The van der Waals surface area contributed by atoms with Crippen molar-refractivity contribution in [3.63, 3.8) is 0 Å². The lowest BCUT2D eigenvalue weighted by Gasteiger charge is -2.16. The van der Waals surface area contributed by atoms with E-state index in [1.54, 1.807) is 18.0 Å². The zero-order valence-corrected chi connectivity index (χ0v) is 10.2. The van der Waals surface area contributed by atoms with Crippen LogP contribution in [0.15, 0.2) is 12.1 Å². The van der Waals surface area contributed by atoms with Crippen molar-refractivity contribution in [1.82, 2.24) is 9.88 Å². The van der Waals surface area contributed by atoms with Crippen LogP contribution in [0.25, 0.3) is 0 Å².